The predicted octanol–water partition coefficient (Wildman–Crippen LogP) is 5.57. The second-order valence-corrected chi connectivity index (χ2v) is 8.14. The van der Waals surface area contributed by atoms with E-state index < -0.39 is 47.8 Å². The van der Waals surface area contributed by atoms with E-state index in [1.54, 1.807) is 25.1 Å². The van der Waals surface area contributed by atoms with E-state index in [2.05, 4.69) is 4.99 Å². The summed E-state index contributed by atoms with van der Waals surface area (Å²) in [6.07, 6.45) is -5.23. The number of hydrogen-bond acceptors (Lipinski definition) is 2. The Morgan fingerprint density at radius 1 is 1.25 bits per heavy atom. The number of nitrogens with zero attached hydrogens (tertiary/aromatic N) is 1. The number of aromatic hydroxyl groups is 1. The molecule has 0 bridgehead atoms. The van der Waals surface area contributed by atoms with Gasteiger partial charge in [0.05, 0.1) is 12.0 Å². The first-order chi connectivity index (χ1) is 11.2. The number of alkyl halides is 4. The maximum atomic E-state index is 13.5. The number of aryl methyl sites for hydroxylation is 1. The van der Waals surface area contributed by atoms with Crippen molar-refractivity contribution in [2.75, 3.05) is 0 Å². The summed E-state index contributed by atoms with van der Waals surface area (Å²) in [5, 5.41) is 9.81. The first-order valence-electron chi connectivity index (χ1n) is 7.17. The quantitative estimate of drug-likeness (QED) is 0.378. The van der Waals surface area contributed by atoms with Crippen molar-refractivity contribution in [3.05, 3.63) is 29.3 Å². The SMILES string of the molecule is Cc1cccc(C=NC2CC(F)CC(C(F)(F)F)C2)c1O.[Cl][Ti][Cl]. The number of phenolic OH excluding ortho intramolecular Hbond substituents is 1. The molecule has 3 atom stereocenters. The average Bonchev–Trinajstić information content (AvgIpc) is 2.48. The summed E-state index contributed by atoms with van der Waals surface area (Å²) in [6, 6.07) is 4.33. The van der Waals surface area contributed by atoms with Gasteiger partial charge in [-0.2, -0.15) is 13.2 Å². The fourth-order valence-electron chi connectivity index (χ4n) is 2.58. The van der Waals surface area contributed by atoms with E-state index in [4.69, 9.17) is 18.6 Å². The second kappa shape index (κ2) is 10.00. The zero-order valence-electron chi connectivity index (χ0n) is 12.8. The molecular weight excluding hydrogens is 405 g/mol. The van der Waals surface area contributed by atoms with Crippen LogP contribution in [0.1, 0.15) is 30.4 Å². The Labute approximate surface area is 154 Å². The summed E-state index contributed by atoms with van der Waals surface area (Å²) in [7, 11) is 9.78. The summed E-state index contributed by atoms with van der Waals surface area (Å²) >= 11 is -0.556. The van der Waals surface area contributed by atoms with Gasteiger partial charge in [-0.25, -0.2) is 4.39 Å². The van der Waals surface area contributed by atoms with Crippen LogP contribution in [0, 0.1) is 12.8 Å². The van der Waals surface area contributed by atoms with Crippen molar-refractivity contribution in [3.63, 3.8) is 0 Å². The Morgan fingerprint density at radius 3 is 2.46 bits per heavy atom. The van der Waals surface area contributed by atoms with Crippen LogP contribution in [0.5, 0.6) is 5.75 Å². The van der Waals surface area contributed by atoms with Crippen molar-refractivity contribution in [3.8, 4) is 5.75 Å². The van der Waals surface area contributed by atoms with Gasteiger partial charge < -0.3 is 5.11 Å². The number of halogens is 6. The van der Waals surface area contributed by atoms with Crippen molar-refractivity contribution < 1.29 is 39.7 Å². The molecule has 1 aromatic carbocycles. The Kier molecular flexibility index (Phi) is 9.06. The molecule has 1 aromatic rings. The molecule has 0 spiro atoms. The number of hydrogen-bond donors (Lipinski definition) is 1. The van der Waals surface area contributed by atoms with Crippen molar-refractivity contribution in [1.29, 1.82) is 0 Å². The number of aliphatic imine (C=N–C) groups is 1. The molecule has 134 valence electrons. The van der Waals surface area contributed by atoms with Crippen molar-refractivity contribution in [2.24, 2.45) is 10.9 Å². The van der Waals surface area contributed by atoms with Gasteiger partial charge >= 0.3 is 41.8 Å². The molecule has 1 aliphatic carbocycles. The first kappa shape index (κ1) is 21.7. The molecule has 3 unspecified atom stereocenters. The van der Waals surface area contributed by atoms with Crippen molar-refractivity contribution in [1.82, 2.24) is 0 Å². The van der Waals surface area contributed by atoms with E-state index in [-0.39, 0.29) is 18.6 Å². The molecule has 1 N–H and O–H groups in total. The molecule has 24 heavy (non-hydrogen) atoms. The zero-order chi connectivity index (χ0) is 18.3. The summed E-state index contributed by atoms with van der Waals surface area (Å²) in [4.78, 5) is 4.04. The molecule has 0 heterocycles. The van der Waals surface area contributed by atoms with Crippen LogP contribution in [0.2, 0.25) is 0 Å². The summed E-state index contributed by atoms with van der Waals surface area (Å²) in [5.41, 5.74) is 1.08. The van der Waals surface area contributed by atoms with E-state index in [1.807, 2.05) is 0 Å². The van der Waals surface area contributed by atoms with Crippen LogP contribution in [0.15, 0.2) is 23.2 Å². The fraction of sp³-hybridized carbons (Fsp3) is 0.533. The Bertz CT molecular complexity index is 557. The van der Waals surface area contributed by atoms with E-state index in [9.17, 15) is 22.7 Å². The molecule has 2 rings (SSSR count). The van der Waals surface area contributed by atoms with Gasteiger partial charge in [0, 0.05) is 18.2 Å². The maximum absolute atomic E-state index is 13.5. The topological polar surface area (TPSA) is 32.6 Å². The third-order valence-electron chi connectivity index (χ3n) is 3.78. The monoisotopic (exact) mass is 421 g/mol. The van der Waals surface area contributed by atoms with Gasteiger partial charge in [0.2, 0.25) is 0 Å². The summed E-state index contributed by atoms with van der Waals surface area (Å²) in [5.74, 6) is -1.60. The van der Waals surface area contributed by atoms with Crippen LogP contribution >= 0.6 is 18.6 Å². The van der Waals surface area contributed by atoms with Gasteiger partial charge in [0.25, 0.3) is 0 Å². The molecule has 0 aliphatic heterocycles. The zero-order valence-corrected chi connectivity index (χ0v) is 15.9. The standard InChI is InChI=1S/C15H17F4NO.2ClH.Ti/c1-9-3-2-4-10(14(9)21)8-20-13-6-11(15(17,18)19)5-12(16)7-13;;;/h2-4,8,11-13,21H,5-7H2,1H3;2*1H;/q;;;+2/p-2. The van der Waals surface area contributed by atoms with Gasteiger partial charge in [0.1, 0.15) is 11.9 Å². The van der Waals surface area contributed by atoms with Gasteiger partial charge in [-0.3, -0.25) is 4.99 Å². The Hall–Kier alpha value is -0.296. The molecule has 0 radical (unpaired) electrons. The van der Waals surface area contributed by atoms with Gasteiger partial charge in [-0.1, -0.05) is 12.1 Å². The summed E-state index contributed by atoms with van der Waals surface area (Å²) < 4.78 is 51.6. The third kappa shape index (κ3) is 6.91. The third-order valence-corrected chi connectivity index (χ3v) is 3.78. The fourth-order valence-corrected chi connectivity index (χ4v) is 2.58. The molecule has 0 saturated heterocycles. The van der Waals surface area contributed by atoms with E-state index in [0.717, 1.165) is 0 Å². The van der Waals surface area contributed by atoms with Crippen molar-refractivity contribution in [2.45, 2.75) is 44.6 Å². The molecule has 1 aliphatic rings. The molecule has 1 saturated carbocycles. The minimum atomic E-state index is -4.38. The second-order valence-electron chi connectivity index (χ2n) is 5.56. The average molecular weight is 422 g/mol. The van der Waals surface area contributed by atoms with E-state index in [0.29, 0.717) is 11.1 Å². The predicted molar refractivity (Wildman–Crippen MR) is 84.2 cm³/mol. The van der Waals surface area contributed by atoms with Crippen LogP contribution in [0.4, 0.5) is 17.6 Å². The van der Waals surface area contributed by atoms with E-state index in [1.165, 1.54) is 6.21 Å². The number of rotatable bonds is 2. The minimum absolute atomic E-state index is 0.00431. The molecule has 2 nitrogen and oxygen atoms in total. The first-order valence-corrected chi connectivity index (χ1v) is 11.5. The molecule has 1 fully saturated rings. The molecule has 0 aromatic heterocycles. The van der Waals surface area contributed by atoms with Crippen LogP contribution < -0.4 is 0 Å². The Morgan fingerprint density at radius 2 is 1.88 bits per heavy atom. The molecule has 0 amide bonds. The molecular formula is C15H17Cl2F4NOTi. The summed E-state index contributed by atoms with van der Waals surface area (Å²) in [6.45, 7) is 1.71. The van der Waals surface area contributed by atoms with E-state index >= 15 is 0 Å². The van der Waals surface area contributed by atoms with Crippen LogP contribution in [0.25, 0.3) is 0 Å². The van der Waals surface area contributed by atoms with Crippen LogP contribution in [0.3, 0.4) is 0 Å². The van der Waals surface area contributed by atoms with Gasteiger partial charge in [-0.15, -0.1) is 0 Å². The number of para-hydroxylation sites is 1. The molecule has 9 heteroatoms. The normalized spacial score (nSPS) is 24.4. The van der Waals surface area contributed by atoms with Gasteiger partial charge in [-0.05, 0) is 31.4 Å². The van der Waals surface area contributed by atoms with Crippen molar-refractivity contribution >= 4 is 24.8 Å². The Balaban J connectivity index is 0.000000891. The van der Waals surface area contributed by atoms with Crippen LogP contribution in [-0.2, 0) is 17.0 Å². The van der Waals surface area contributed by atoms with Gasteiger partial charge in [0.15, 0.2) is 0 Å². The van der Waals surface area contributed by atoms with Crippen LogP contribution in [-0.4, -0.2) is 29.7 Å². The number of phenols is 1. The number of benzene rings is 1.